The van der Waals surface area contributed by atoms with Gasteiger partial charge in [0.25, 0.3) is 0 Å². The van der Waals surface area contributed by atoms with Gasteiger partial charge in [-0.2, -0.15) is 0 Å². The second kappa shape index (κ2) is 6.37. The van der Waals surface area contributed by atoms with Gasteiger partial charge in [0.1, 0.15) is 5.75 Å². The Kier molecular flexibility index (Phi) is 5.10. The van der Waals surface area contributed by atoms with Gasteiger partial charge in [-0.1, -0.05) is 37.6 Å². The molecule has 1 atom stereocenters. The monoisotopic (exact) mass is 218 g/mol. The average Bonchev–Trinajstić information content (AvgIpc) is 2.27. The van der Waals surface area contributed by atoms with Crippen LogP contribution >= 0.6 is 0 Å². The Morgan fingerprint density at radius 1 is 1.44 bits per heavy atom. The summed E-state index contributed by atoms with van der Waals surface area (Å²) in [5, 5.41) is 0. The average molecular weight is 218 g/mol. The fraction of sp³-hybridized carbons (Fsp3) is 0.467. The normalized spacial score (nSPS) is 12.2. The first kappa shape index (κ1) is 12.8. The molecule has 1 aromatic carbocycles. The van der Waals surface area contributed by atoms with Gasteiger partial charge >= 0.3 is 0 Å². The van der Waals surface area contributed by atoms with Crippen LogP contribution in [0.1, 0.15) is 43.7 Å². The van der Waals surface area contributed by atoms with Crippen molar-refractivity contribution in [3.8, 4) is 5.75 Å². The van der Waals surface area contributed by atoms with Crippen molar-refractivity contribution < 1.29 is 4.74 Å². The number of rotatable bonds is 6. The van der Waals surface area contributed by atoms with Gasteiger partial charge in [-0.15, -0.1) is 6.58 Å². The lowest BCUT2D eigenvalue weighted by atomic mass is 9.95. The first-order valence-electron chi connectivity index (χ1n) is 6.03. The fourth-order valence-corrected chi connectivity index (χ4v) is 1.77. The third-order valence-electron chi connectivity index (χ3n) is 2.68. The van der Waals surface area contributed by atoms with Crippen LogP contribution in [0.2, 0.25) is 0 Å². The van der Waals surface area contributed by atoms with E-state index in [1.54, 1.807) is 0 Å². The van der Waals surface area contributed by atoms with Gasteiger partial charge in [0, 0.05) is 0 Å². The second-order valence-corrected chi connectivity index (χ2v) is 4.32. The number of hydrogen-bond acceptors (Lipinski definition) is 1. The van der Waals surface area contributed by atoms with Crippen LogP contribution in [0.5, 0.6) is 5.75 Å². The van der Waals surface area contributed by atoms with Crippen LogP contribution in [0, 0.1) is 6.92 Å². The first-order valence-corrected chi connectivity index (χ1v) is 6.03. The highest BCUT2D eigenvalue weighted by molar-refractivity contribution is 5.39. The molecule has 0 saturated heterocycles. The van der Waals surface area contributed by atoms with Crippen LogP contribution in [0.4, 0.5) is 0 Å². The van der Waals surface area contributed by atoms with Crippen LogP contribution < -0.4 is 4.74 Å². The predicted octanol–water partition coefficient (Wildman–Crippen LogP) is 4.46. The van der Waals surface area contributed by atoms with E-state index in [4.69, 9.17) is 4.74 Å². The molecule has 0 spiro atoms. The highest BCUT2D eigenvalue weighted by atomic mass is 16.5. The molecule has 1 rings (SSSR count). The van der Waals surface area contributed by atoms with E-state index in [1.807, 2.05) is 6.08 Å². The summed E-state index contributed by atoms with van der Waals surface area (Å²) in [6, 6.07) is 6.41. The van der Waals surface area contributed by atoms with Crippen molar-refractivity contribution in [2.75, 3.05) is 6.61 Å². The van der Waals surface area contributed by atoms with E-state index in [0.29, 0.717) is 5.92 Å². The summed E-state index contributed by atoms with van der Waals surface area (Å²) in [5.74, 6) is 1.51. The van der Waals surface area contributed by atoms with Crippen LogP contribution in [0.3, 0.4) is 0 Å². The third-order valence-corrected chi connectivity index (χ3v) is 2.68. The Morgan fingerprint density at radius 3 is 2.81 bits per heavy atom. The molecular formula is C15H22O. The zero-order valence-corrected chi connectivity index (χ0v) is 10.6. The molecule has 1 unspecified atom stereocenters. The maximum absolute atomic E-state index is 5.77. The summed E-state index contributed by atoms with van der Waals surface area (Å²) in [7, 11) is 0. The molecule has 0 bridgehead atoms. The van der Waals surface area contributed by atoms with E-state index in [0.717, 1.165) is 25.2 Å². The SMILES string of the molecule is C=CCC(C)c1cc(C)ccc1OCCC. The molecule has 1 aromatic rings. The number of allylic oxidation sites excluding steroid dienone is 1. The van der Waals surface area contributed by atoms with E-state index in [-0.39, 0.29) is 0 Å². The molecule has 0 fully saturated rings. The van der Waals surface area contributed by atoms with Crippen molar-refractivity contribution >= 4 is 0 Å². The van der Waals surface area contributed by atoms with Gasteiger partial charge < -0.3 is 4.74 Å². The second-order valence-electron chi connectivity index (χ2n) is 4.32. The van der Waals surface area contributed by atoms with Gasteiger partial charge in [0.05, 0.1) is 6.61 Å². The zero-order chi connectivity index (χ0) is 12.0. The smallest absolute Gasteiger partial charge is 0.122 e. The van der Waals surface area contributed by atoms with Crippen molar-refractivity contribution in [2.45, 2.75) is 39.5 Å². The molecule has 0 heterocycles. The molecule has 0 aliphatic heterocycles. The van der Waals surface area contributed by atoms with Crippen LogP contribution in [-0.2, 0) is 0 Å². The summed E-state index contributed by atoms with van der Waals surface area (Å²) < 4.78 is 5.77. The molecule has 88 valence electrons. The third kappa shape index (κ3) is 3.41. The zero-order valence-electron chi connectivity index (χ0n) is 10.6. The first-order chi connectivity index (χ1) is 7.69. The number of benzene rings is 1. The predicted molar refractivity (Wildman–Crippen MR) is 70.2 cm³/mol. The Balaban J connectivity index is 2.92. The fourth-order valence-electron chi connectivity index (χ4n) is 1.77. The van der Waals surface area contributed by atoms with Crippen LogP contribution in [-0.4, -0.2) is 6.61 Å². The van der Waals surface area contributed by atoms with Gasteiger partial charge in [0.15, 0.2) is 0 Å². The number of hydrogen-bond donors (Lipinski definition) is 0. The Morgan fingerprint density at radius 2 is 2.19 bits per heavy atom. The molecule has 0 aliphatic rings. The Bertz CT molecular complexity index is 341. The minimum Gasteiger partial charge on any atom is -0.493 e. The maximum Gasteiger partial charge on any atom is 0.122 e. The summed E-state index contributed by atoms with van der Waals surface area (Å²) in [4.78, 5) is 0. The Labute approximate surface area is 99.1 Å². The van der Waals surface area contributed by atoms with Gasteiger partial charge in [-0.05, 0) is 37.3 Å². The molecule has 0 saturated carbocycles. The lowest BCUT2D eigenvalue weighted by molar-refractivity contribution is 0.312. The summed E-state index contributed by atoms with van der Waals surface area (Å²) in [5.41, 5.74) is 2.59. The largest absolute Gasteiger partial charge is 0.493 e. The lowest BCUT2D eigenvalue weighted by Crippen LogP contribution is -2.02. The van der Waals surface area contributed by atoms with Crippen molar-refractivity contribution in [1.29, 1.82) is 0 Å². The maximum atomic E-state index is 5.77. The minimum atomic E-state index is 0.476. The van der Waals surface area contributed by atoms with Crippen molar-refractivity contribution in [1.82, 2.24) is 0 Å². The molecule has 0 N–H and O–H groups in total. The van der Waals surface area contributed by atoms with E-state index in [1.165, 1.54) is 11.1 Å². The minimum absolute atomic E-state index is 0.476. The topological polar surface area (TPSA) is 9.23 Å². The molecule has 0 amide bonds. The molecular weight excluding hydrogens is 196 g/mol. The number of aryl methyl sites for hydroxylation is 1. The quantitative estimate of drug-likeness (QED) is 0.640. The van der Waals surface area contributed by atoms with Crippen molar-refractivity contribution in [2.24, 2.45) is 0 Å². The highest BCUT2D eigenvalue weighted by Gasteiger charge is 2.10. The Hall–Kier alpha value is -1.24. The molecule has 16 heavy (non-hydrogen) atoms. The van der Waals surface area contributed by atoms with Gasteiger partial charge in [-0.25, -0.2) is 0 Å². The van der Waals surface area contributed by atoms with E-state index in [2.05, 4.69) is 45.5 Å². The highest BCUT2D eigenvalue weighted by Crippen LogP contribution is 2.30. The van der Waals surface area contributed by atoms with Gasteiger partial charge in [-0.3, -0.25) is 0 Å². The summed E-state index contributed by atoms with van der Waals surface area (Å²) in [6.07, 6.45) is 4.01. The summed E-state index contributed by atoms with van der Waals surface area (Å²) in [6.45, 7) is 11.1. The van der Waals surface area contributed by atoms with E-state index in [9.17, 15) is 0 Å². The summed E-state index contributed by atoms with van der Waals surface area (Å²) >= 11 is 0. The van der Waals surface area contributed by atoms with E-state index >= 15 is 0 Å². The van der Waals surface area contributed by atoms with Crippen LogP contribution in [0.25, 0.3) is 0 Å². The van der Waals surface area contributed by atoms with Crippen molar-refractivity contribution in [3.63, 3.8) is 0 Å². The number of ether oxygens (including phenoxy) is 1. The van der Waals surface area contributed by atoms with Crippen LogP contribution in [0.15, 0.2) is 30.9 Å². The van der Waals surface area contributed by atoms with E-state index < -0.39 is 0 Å². The molecule has 0 aromatic heterocycles. The molecule has 0 radical (unpaired) electrons. The van der Waals surface area contributed by atoms with Crippen molar-refractivity contribution in [3.05, 3.63) is 42.0 Å². The van der Waals surface area contributed by atoms with Gasteiger partial charge in [0.2, 0.25) is 0 Å². The molecule has 1 nitrogen and oxygen atoms in total. The lowest BCUT2D eigenvalue weighted by Gasteiger charge is -2.16. The standard InChI is InChI=1S/C15H22O/c1-5-7-13(4)14-11-12(3)8-9-15(14)16-10-6-2/h5,8-9,11,13H,1,6-7,10H2,2-4H3. The molecule has 0 aliphatic carbocycles. The molecule has 1 heteroatoms.